The van der Waals surface area contributed by atoms with Gasteiger partial charge in [-0.05, 0) is 25.0 Å². The lowest BCUT2D eigenvalue weighted by Crippen LogP contribution is -2.37. The van der Waals surface area contributed by atoms with E-state index in [2.05, 4.69) is 10.6 Å². The number of benzene rings is 1. The number of nitro groups is 1. The van der Waals surface area contributed by atoms with E-state index in [-0.39, 0.29) is 23.8 Å². The van der Waals surface area contributed by atoms with Crippen LogP contribution in [-0.2, 0) is 11.2 Å². The van der Waals surface area contributed by atoms with Crippen LogP contribution in [0.5, 0.6) is 0 Å². The van der Waals surface area contributed by atoms with E-state index in [9.17, 15) is 20.0 Å². The number of hydrogen-bond acceptors (Lipinski definition) is 6. The molecule has 0 spiro atoms. The van der Waals surface area contributed by atoms with Crippen LogP contribution in [-0.4, -0.2) is 39.8 Å². The minimum atomic E-state index is -1.40. The lowest BCUT2D eigenvalue weighted by molar-refractivity contribution is -0.384. The van der Waals surface area contributed by atoms with Gasteiger partial charge in [0, 0.05) is 24.7 Å². The molecular weight excluding hydrogens is 278 g/mol. The molecule has 2 rings (SSSR count). The molecule has 1 amide bonds. The van der Waals surface area contributed by atoms with Gasteiger partial charge >= 0.3 is 0 Å². The summed E-state index contributed by atoms with van der Waals surface area (Å²) in [6.07, 6.45) is 0.757. The minimum absolute atomic E-state index is 0.0585. The Kier molecular flexibility index (Phi) is 4.10. The summed E-state index contributed by atoms with van der Waals surface area (Å²) in [5.74, 6) is -0.135. The van der Waals surface area contributed by atoms with E-state index < -0.39 is 17.1 Å². The smallest absolute Gasteiger partial charge is 0.292 e. The monoisotopic (exact) mass is 295 g/mol. The first-order valence-electron chi connectivity index (χ1n) is 6.51. The Balaban J connectivity index is 2.32. The number of carbonyl (C=O) groups excluding carboxylic acids is 1. The Morgan fingerprint density at radius 1 is 1.48 bits per heavy atom. The van der Waals surface area contributed by atoms with E-state index in [1.165, 1.54) is 19.1 Å². The van der Waals surface area contributed by atoms with Crippen molar-refractivity contribution < 1.29 is 19.9 Å². The van der Waals surface area contributed by atoms with Crippen LogP contribution in [0.15, 0.2) is 12.1 Å². The number of anilines is 2. The second kappa shape index (κ2) is 5.66. The summed E-state index contributed by atoms with van der Waals surface area (Å²) in [6, 6.07) is 2.91. The number of aliphatic hydroxyl groups is 2. The van der Waals surface area contributed by atoms with Crippen LogP contribution in [0.2, 0.25) is 0 Å². The van der Waals surface area contributed by atoms with Crippen LogP contribution in [0.25, 0.3) is 0 Å². The maximum Gasteiger partial charge on any atom is 0.292 e. The topological polar surface area (TPSA) is 125 Å². The average Bonchev–Trinajstić information content (AvgIpc) is 2.44. The molecule has 4 N–H and O–H groups in total. The summed E-state index contributed by atoms with van der Waals surface area (Å²) in [5.41, 5.74) is -0.0930. The van der Waals surface area contributed by atoms with Crippen LogP contribution in [0.4, 0.5) is 17.1 Å². The second-order valence-electron chi connectivity index (χ2n) is 5.34. The Morgan fingerprint density at radius 3 is 2.81 bits per heavy atom. The van der Waals surface area contributed by atoms with Crippen molar-refractivity contribution in [3.63, 3.8) is 0 Å². The molecule has 1 atom stereocenters. The number of nitro benzene ring substituents is 1. The van der Waals surface area contributed by atoms with Crippen molar-refractivity contribution in [3.8, 4) is 0 Å². The van der Waals surface area contributed by atoms with Gasteiger partial charge in [-0.15, -0.1) is 0 Å². The average molecular weight is 295 g/mol. The molecule has 114 valence electrons. The quantitative estimate of drug-likeness (QED) is 0.466. The van der Waals surface area contributed by atoms with Crippen molar-refractivity contribution in [2.24, 2.45) is 0 Å². The first kappa shape index (κ1) is 15.2. The number of aliphatic hydroxyl groups excluding tert-OH is 1. The zero-order valence-electron chi connectivity index (χ0n) is 11.5. The molecule has 1 heterocycles. The number of nitrogens with one attached hydrogen (secondary N) is 2. The molecule has 0 aliphatic carbocycles. The van der Waals surface area contributed by atoms with E-state index in [4.69, 9.17) is 5.11 Å². The predicted molar refractivity (Wildman–Crippen MR) is 76.2 cm³/mol. The molecule has 1 unspecified atom stereocenters. The molecule has 1 aliphatic heterocycles. The highest BCUT2D eigenvalue weighted by Gasteiger charge is 2.25. The molecule has 0 saturated carbocycles. The van der Waals surface area contributed by atoms with E-state index in [0.717, 1.165) is 0 Å². The van der Waals surface area contributed by atoms with Crippen LogP contribution in [0.1, 0.15) is 18.9 Å². The SMILES string of the molecule is CC(O)(CO)CNc1cc2c(cc1[N+](=O)[O-])CCC(=O)N2. The van der Waals surface area contributed by atoms with Gasteiger partial charge < -0.3 is 20.8 Å². The predicted octanol–water partition coefficient (Wildman–Crippen LogP) is 0.635. The minimum Gasteiger partial charge on any atom is -0.393 e. The zero-order chi connectivity index (χ0) is 15.6. The number of hydrogen-bond donors (Lipinski definition) is 4. The summed E-state index contributed by atoms with van der Waals surface area (Å²) < 4.78 is 0. The van der Waals surface area contributed by atoms with Crippen LogP contribution < -0.4 is 10.6 Å². The van der Waals surface area contributed by atoms with E-state index in [1.807, 2.05) is 0 Å². The Bertz CT molecular complexity index is 585. The molecule has 8 nitrogen and oxygen atoms in total. The summed E-state index contributed by atoms with van der Waals surface area (Å²) in [6.45, 7) is 0.874. The van der Waals surface area contributed by atoms with E-state index in [0.29, 0.717) is 24.1 Å². The molecule has 0 bridgehead atoms. The van der Waals surface area contributed by atoms with Crippen molar-refractivity contribution >= 4 is 23.0 Å². The molecule has 1 aromatic carbocycles. The van der Waals surface area contributed by atoms with Gasteiger partial charge in [0.25, 0.3) is 5.69 Å². The lowest BCUT2D eigenvalue weighted by Gasteiger charge is -2.23. The van der Waals surface area contributed by atoms with Gasteiger partial charge in [-0.3, -0.25) is 14.9 Å². The van der Waals surface area contributed by atoms with Gasteiger partial charge in [0.05, 0.1) is 11.5 Å². The molecule has 0 fully saturated rings. The third-order valence-corrected chi connectivity index (χ3v) is 3.31. The second-order valence-corrected chi connectivity index (χ2v) is 5.34. The van der Waals surface area contributed by atoms with Gasteiger partial charge in [0.1, 0.15) is 11.3 Å². The summed E-state index contributed by atoms with van der Waals surface area (Å²) >= 11 is 0. The van der Waals surface area contributed by atoms with Gasteiger partial charge in [-0.1, -0.05) is 0 Å². The fourth-order valence-electron chi connectivity index (χ4n) is 2.05. The Hall–Kier alpha value is -2.19. The van der Waals surface area contributed by atoms with Gasteiger partial charge in [0.15, 0.2) is 0 Å². The van der Waals surface area contributed by atoms with E-state index in [1.54, 1.807) is 0 Å². The Labute approximate surface area is 120 Å². The summed E-state index contributed by atoms with van der Waals surface area (Å²) in [4.78, 5) is 22.0. The van der Waals surface area contributed by atoms with Crippen molar-refractivity contribution in [1.82, 2.24) is 0 Å². The molecule has 0 radical (unpaired) electrons. The highest BCUT2D eigenvalue weighted by molar-refractivity contribution is 5.95. The fraction of sp³-hybridized carbons (Fsp3) is 0.462. The van der Waals surface area contributed by atoms with Gasteiger partial charge in [-0.2, -0.15) is 0 Å². The van der Waals surface area contributed by atoms with Crippen molar-refractivity contribution in [3.05, 3.63) is 27.8 Å². The molecule has 1 aromatic rings. The maximum absolute atomic E-state index is 11.4. The van der Waals surface area contributed by atoms with Crippen molar-refractivity contribution in [2.75, 3.05) is 23.8 Å². The third-order valence-electron chi connectivity index (χ3n) is 3.31. The van der Waals surface area contributed by atoms with Crippen molar-refractivity contribution in [1.29, 1.82) is 0 Å². The normalized spacial score (nSPS) is 16.6. The summed E-state index contributed by atoms with van der Waals surface area (Å²) in [7, 11) is 0. The first-order chi connectivity index (χ1) is 9.82. The lowest BCUT2D eigenvalue weighted by atomic mass is 10.0. The van der Waals surface area contributed by atoms with Crippen LogP contribution >= 0.6 is 0 Å². The first-order valence-corrected chi connectivity index (χ1v) is 6.51. The highest BCUT2D eigenvalue weighted by Crippen LogP contribution is 2.34. The highest BCUT2D eigenvalue weighted by atomic mass is 16.6. The number of carbonyl (C=O) groups is 1. The zero-order valence-corrected chi connectivity index (χ0v) is 11.5. The molecule has 21 heavy (non-hydrogen) atoms. The fourth-order valence-corrected chi connectivity index (χ4v) is 2.05. The number of nitrogens with zero attached hydrogens (tertiary/aromatic N) is 1. The van der Waals surface area contributed by atoms with Crippen LogP contribution in [0.3, 0.4) is 0 Å². The summed E-state index contributed by atoms with van der Waals surface area (Å²) in [5, 5.41) is 35.3. The number of aryl methyl sites for hydroxylation is 1. The standard InChI is InChI=1S/C13H17N3O5/c1-13(19,7-17)6-14-10-5-9-8(2-3-12(18)15-9)4-11(10)16(20)21/h4-5,14,17,19H,2-3,6-7H2,1H3,(H,15,18). The number of amides is 1. The molecule has 1 aliphatic rings. The van der Waals surface area contributed by atoms with E-state index >= 15 is 0 Å². The molecule has 0 aromatic heterocycles. The van der Waals surface area contributed by atoms with Crippen LogP contribution in [0, 0.1) is 10.1 Å². The maximum atomic E-state index is 11.4. The van der Waals surface area contributed by atoms with Crippen molar-refractivity contribution in [2.45, 2.75) is 25.4 Å². The number of fused-ring (bicyclic) bond motifs is 1. The van der Waals surface area contributed by atoms with Gasteiger partial charge in [-0.25, -0.2) is 0 Å². The molecule has 8 heteroatoms. The Morgan fingerprint density at radius 2 is 2.19 bits per heavy atom. The molecule has 0 saturated heterocycles. The van der Waals surface area contributed by atoms with Gasteiger partial charge in [0.2, 0.25) is 5.91 Å². The largest absolute Gasteiger partial charge is 0.393 e. The molecular formula is C13H17N3O5. The number of rotatable bonds is 5. The third kappa shape index (κ3) is 3.47.